The number of benzene rings is 1. The number of carbonyl (C=O) groups is 1. The summed E-state index contributed by atoms with van der Waals surface area (Å²) in [7, 11) is 0. The summed E-state index contributed by atoms with van der Waals surface area (Å²) in [6, 6.07) is 7.49. The molecule has 1 aromatic rings. The molecule has 0 aliphatic carbocycles. The molecule has 1 aliphatic rings. The fourth-order valence-corrected chi connectivity index (χ4v) is 2.12. The van der Waals surface area contributed by atoms with E-state index in [1.165, 1.54) is 0 Å². The topological polar surface area (TPSA) is 50.4 Å². The van der Waals surface area contributed by atoms with E-state index in [0.29, 0.717) is 6.61 Å². The van der Waals surface area contributed by atoms with Crippen LogP contribution < -0.4 is 15.4 Å². The molecule has 1 heterocycles. The predicted octanol–water partition coefficient (Wildman–Crippen LogP) is 2.02. The average Bonchev–Trinajstić information content (AvgIpc) is 2.42. The number of rotatable bonds is 4. The molecule has 1 aromatic carbocycles. The van der Waals surface area contributed by atoms with E-state index in [2.05, 4.69) is 10.6 Å². The molecule has 2 N–H and O–H groups in total. The second kappa shape index (κ2) is 6.40. The van der Waals surface area contributed by atoms with Gasteiger partial charge in [-0.3, -0.25) is 4.79 Å². The molecule has 1 atom stereocenters. The van der Waals surface area contributed by atoms with Crippen LogP contribution in [0.2, 0.25) is 0 Å². The Morgan fingerprint density at radius 3 is 2.83 bits per heavy atom. The SMILES string of the molecule is CCOc1ccc(NC(=O)[C@@H]2CCCNC2)cc1. The van der Waals surface area contributed by atoms with Crippen molar-refractivity contribution < 1.29 is 9.53 Å². The Balaban J connectivity index is 1.89. The summed E-state index contributed by atoms with van der Waals surface area (Å²) >= 11 is 0. The highest BCUT2D eigenvalue weighted by atomic mass is 16.5. The van der Waals surface area contributed by atoms with Crippen molar-refractivity contribution in [3.8, 4) is 5.75 Å². The van der Waals surface area contributed by atoms with E-state index in [9.17, 15) is 4.79 Å². The molecule has 0 radical (unpaired) electrons. The molecule has 18 heavy (non-hydrogen) atoms. The number of piperidine rings is 1. The van der Waals surface area contributed by atoms with Crippen LogP contribution in [0.3, 0.4) is 0 Å². The van der Waals surface area contributed by atoms with Crippen molar-refractivity contribution in [3.63, 3.8) is 0 Å². The lowest BCUT2D eigenvalue weighted by Gasteiger charge is -2.21. The summed E-state index contributed by atoms with van der Waals surface area (Å²) in [5.74, 6) is 1.02. The van der Waals surface area contributed by atoms with Gasteiger partial charge in [-0.1, -0.05) is 0 Å². The molecule has 0 aromatic heterocycles. The molecule has 0 spiro atoms. The quantitative estimate of drug-likeness (QED) is 0.857. The van der Waals surface area contributed by atoms with Crippen molar-refractivity contribution >= 4 is 11.6 Å². The molecule has 0 unspecified atom stereocenters. The van der Waals surface area contributed by atoms with Gasteiger partial charge in [0.15, 0.2) is 0 Å². The van der Waals surface area contributed by atoms with Crippen LogP contribution in [0.1, 0.15) is 19.8 Å². The second-order valence-electron chi connectivity index (χ2n) is 4.49. The van der Waals surface area contributed by atoms with Gasteiger partial charge in [-0.25, -0.2) is 0 Å². The van der Waals surface area contributed by atoms with E-state index in [1.54, 1.807) is 0 Å². The first-order valence-corrected chi connectivity index (χ1v) is 6.54. The van der Waals surface area contributed by atoms with Crippen molar-refractivity contribution in [1.82, 2.24) is 5.32 Å². The molecule has 1 fully saturated rings. The third-order valence-electron chi connectivity index (χ3n) is 3.10. The normalized spacial score (nSPS) is 19.3. The van der Waals surface area contributed by atoms with E-state index in [-0.39, 0.29) is 11.8 Å². The van der Waals surface area contributed by atoms with Crippen molar-refractivity contribution in [2.45, 2.75) is 19.8 Å². The minimum atomic E-state index is 0.0883. The van der Waals surface area contributed by atoms with Gasteiger partial charge in [-0.15, -0.1) is 0 Å². The van der Waals surface area contributed by atoms with Crippen molar-refractivity contribution in [3.05, 3.63) is 24.3 Å². The van der Waals surface area contributed by atoms with Crippen molar-refractivity contribution in [2.75, 3.05) is 25.0 Å². The molecular formula is C14H20N2O2. The summed E-state index contributed by atoms with van der Waals surface area (Å²) in [6.45, 7) is 4.40. The van der Waals surface area contributed by atoms with E-state index in [0.717, 1.165) is 37.4 Å². The van der Waals surface area contributed by atoms with Gasteiger partial charge in [-0.05, 0) is 50.6 Å². The van der Waals surface area contributed by atoms with Gasteiger partial charge in [0.2, 0.25) is 5.91 Å². The zero-order valence-electron chi connectivity index (χ0n) is 10.7. The van der Waals surface area contributed by atoms with Crippen LogP contribution in [-0.4, -0.2) is 25.6 Å². The molecule has 0 bridgehead atoms. The molecule has 4 heteroatoms. The minimum absolute atomic E-state index is 0.0883. The minimum Gasteiger partial charge on any atom is -0.494 e. The third-order valence-corrected chi connectivity index (χ3v) is 3.10. The summed E-state index contributed by atoms with van der Waals surface area (Å²) < 4.78 is 5.36. The lowest BCUT2D eigenvalue weighted by Crippen LogP contribution is -2.37. The maximum atomic E-state index is 12.0. The van der Waals surface area contributed by atoms with E-state index < -0.39 is 0 Å². The summed E-state index contributed by atoms with van der Waals surface area (Å²) in [6.07, 6.45) is 2.04. The van der Waals surface area contributed by atoms with Gasteiger partial charge >= 0.3 is 0 Å². The zero-order chi connectivity index (χ0) is 12.8. The van der Waals surface area contributed by atoms with E-state index >= 15 is 0 Å². The van der Waals surface area contributed by atoms with E-state index in [1.807, 2.05) is 31.2 Å². The lowest BCUT2D eigenvalue weighted by molar-refractivity contribution is -0.120. The van der Waals surface area contributed by atoms with Gasteiger partial charge in [0.25, 0.3) is 0 Å². The molecule has 1 amide bonds. The molecule has 2 rings (SSSR count). The maximum absolute atomic E-state index is 12.0. The largest absolute Gasteiger partial charge is 0.494 e. The Bertz CT molecular complexity index is 383. The van der Waals surface area contributed by atoms with E-state index in [4.69, 9.17) is 4.74 Å². The van der Waals surface area contributed by atoms with Crippen LogP contribution in [0, 0.1) is 5.92 Å². The van der Waals surface area contributed by atoms with Gasteiger partial charge in [-0.2, -0.15) is 0 Å². The van der Waals surface area contributed by atoms with Crippen LogP contribution in [-0.2, 0) is 4.79 Å². The number of amides is 1. The Kier molecular flexibility index (Phi) is 4.59. The number of carbonyl (C=O) groups excluding carboxylic acids is 1. The number of hydrogen-bond acceptors (Lipinski definition) is 3. The lowest BCUT2D eigenvalue weighted by atomic mass is 9.99. The summed E-state index contributed by atoms with van der Waals surface area (Å²) in [4.78, 5) is 12.0. The van der Waals surface area contributed by atoms with Crippen LogP contribution in [0.5, 0.6) is 5.75 Å². The smallest absolute Gasteiger partial charge is 0.228 e. The number of hydrogen-bond donors (Lipinski definition) is 2. The number of anilines is 1. The fraction of sp³-hybridized carbons (Fsp3) is 0.500. The second-order valence-corrected chi connectivity index (χ2v) is 4.49. The van der Waals surface area contributed by atoms with Gasteiger partial charge < -0.3 is 15.4 Å². The Morgan fingerprint density at radius 2 is 2.22 bits per heavy atom. The Morgan fingerprint density at radius 1 is 1.44 bits per heavy atom. The Hall–Kier alpha value is -1.55. The average molecular weight is 248 g/mol. The van der Waals surface area contributed by atoms with Gasteiger partial charge in [0.1, 0.15) is 5.75 Å². The van der Waals surface area contributed by atoms with Crippen LogP contribution in [0.4, 0.5) is 5.69 Å². The molecule has 98 valence electrons. The number of nitrogens with one attached hydrogen (secondary N) is 2. The van der Waals surface area contributed by atoms with Crippen molar-refractivity contribution in [2.24, 2.45) is 5.92 Å². The van der Waals surface area contributed by atoms with Crippen LogP contribution >= 0.6 is 0 Å². The molecule has 1 saturated heterocycles. The zero-order valence-corrected chi connectivity index (χ0v) is 10.7. The molecule has 1 aliphatic heterocycles. The number of ether oxygens (including phenoxy) is 1. The summed E-state index contributed by atoms with van der Waals surface area (Å²) in [5, 5.41) is 6.19. The molecular weight excluding hydrogens is 228 g/mol. The highest BCUT2D eigenvalue weighted by Crippen LogP contribution is 2.18. The van der Waals surface area contributed by atoms with Crippen LogP contribution in [0.25, 0.3) is 0 Å². The van der Waals surface area contributed by atoms with Gasteiger partial charge in [0, 0.05) is 12.2 Å². The predicted molar refractivity (Wildman–Crippen MR) is 71.8 cm³/mol. The summed E-state index contributed by atoms with van der Waals surface area (Å²) in [5.41, 5.74) is 0.828. The van der Waals surface area contributed by atoms with Crippen LogP contribution in [0.15, 0.2) is 24.3 Å². The van der Waals surface area contributed by atoms with Gasteiger partial charge in [0.05, 0.1) is 12.5 Å². The molecule has 0 saturated carbocycles. The first-order chi connectivity index (χ1) is 8.79. The fourth-order valence-electron chi connectivity index (χ4n) is 2.12. The first kappa shape index (κ1) is 12.9. The monoisotopic (exact) mass is 248 g/mol. The standard InChI is InChI=1S/C14H20N2O2/c1-2-18-13-7-5-12(6-8-13)16-14(17)11-4-3-9-15-10-11/h5-8,11,15H,2-4,9-10H2,1H3,(H,16,17)/t11-/m1/s1. The third kappa shape index (κ3) is 3.47. The highest BCUT2D eigenvalue weighted by Gasteiger charge is 2.20. The Labute approximate surface area is 108 Å². The molecule has 4 nitrogen and oxygen atoms in total. The highest BCUT2D eigenvalue weighted by molar-refractivity contribution is 5.92. The van der Waals surface area contributed by atoms with Crippen molar-refractivity contribution in [1.29, 1.82) is 0 Å². The first-order valence-electron chi connectivity index (χ1n) is 6.54. The maximum Gasteiger partial charge on any atom is 0.228 e.